The summed E-state index contributed by atoms with van der Waals surface area (Å²) in [6, 6.07) is 13.2. The van der Waals surface area contributed by atoms with Gasteiger partial charge >= 0.3 is 0 Å². The number of anilines is 1. The summed E-state index contributed by atoms with van der Waals surface area (Å²) in [5.41, 5.74) is 2.91. The number of hydrogen-bond acceptors (Lipinski definition) is 4. The topological polar surface area (TPSA) is 91.0 Å². The summed E-state index contributed by atoms with van der Waals surface area (Å²) in [6.45, 7) is 6.29. The van der Waals surface area contributed by atoms with Crippen molar-refractivity contribution in [1.29, 1.82) is 0 Å². The molecule has 1 aromatic carbocycles. The SMILES string of the molecule is C/C(=C\C(=O)N(CCNC(=O)C(C)C)c1ccccc1)c1[nH]nc2ncccc12. The fraction of sp³-hybridized carbons (Fsp3) is 0.273. The van der Waals surface area contributed by atoms with Gasteiger partial charge in [-0.25, -0.2) is 4.98 Å². The molecule has 0 spiro atoms. The van der Waals surface area contributed by atoms with Crippen LogP contribution in [0.15, 0.2) is 54.7 Å². The molecule has 0 unspecified atom stereocenters. The van der Waals surface area contributed by atoms with Gasteiger partial charge in [-0.3, -0.25) is 14.7 Å². The van der Waals surface area contributed by atoms with E-state index in [4.69, 9.17) is 0 Å². The van der Waals surface area contributed by atoms with Gasteiger partial charge < -0.3 is 10.2 Å². The van der Waals surface area contributed by atoms with Crippen LogP contribution in [0.25, 0.3) is 16.6 Å². The Hall–Kier alpha value is -3.48. The molecule has 29 heavy (non-hydrogen) atoms. The summed E-state index contributed by atoms with van der Waals surface area (Å²) in [5, 5.41) is 10.9. The average Bonchev–Trinajstić information content (AvgIpc) is 3.15. The van der Waals surface area contributed by atoms with Crippen molar-refractivity contribution in [3.63, 3.8) is 0 Å². The van der Waals surface area contributed by atoms with Crippen LogP contribution in [0.4, 0.5) is 5.69 Å². The third kappa shape index (κ3) is 4.87. The quantitative estimate of drug-likeness (QED) is 0.605. The number of amides is 2. The van der Waals surface area contributed by atoms with E-state index in [1.807, 2.05) is 63.2 Å². The lowest BCUT2D eigenvalue weighted by Gasteiger charge is -2.22. The number of nitrogens with zero attached hydrogens (tertiary/aromatic N) is 3. The molecular formula is C22H25N5O2. The Kier molecular flexibility index (Phi) is 6.39. The lowest BCUT2D eigenvalue weighted by Crippen LogP contribution is -2.39. The molecule has 3 aromatic rings. The van der Waals surface area contributed by atoms with Crippen LogP contribution in [-0.2, 0) is 9.59 Å². The number of benzene rings is 1. The zero-order chi connectivity index (χ0) is 20.8. The molecule has 0 radical (unpaired) electrons. The number of rotatable bonds is 7. The van der Waals surface area contributed by atoms with Crippen LogP contribution in [0.3, 0.4) is 0 Å². The number of H-pyrrole nitrogens is 1. The number of aromatic amines is 1. The molecule has 0 saturated carbocycles. The minimum atomic E-state index is -0.167. The Labute approximate surface area is 169 Å². The number of hydrogen-bond donors (Lipinski definition) is 2. The second kappa shape index (κ2) is 9.14. The molecule has 0 aliphatic rings. The fourth-order valence-corrected chi connectivity index (χ4v) is 2.96. The maximum Gasteiger partial charge on any atom is 0.251 e. The molecule has 2 amide bonds. The molecule has 0 saturated heterocycles. The zero-order valence-corrected chi connectivity index (χ0v) is 16.8. The van der Waals surface area contributed by atoms with Crippen LogP contribution >= 0.6 is 0 Å². The van der Waals surface area contributed by atoms with Crippen molar-refractivity contribution >= 4 is 34.1 Å². The van der Waals surface area contributed by atoms with Crippen LogP contribution in [0.2, 0.25) is 0 Å². The van der Waals surface area contributed by atoms with Crippen LogP contribution in [0.5, 0.6) is 0 Å². The number of pyridine rings is 1. The summed E-state index contributed by atoms with van der Waals surface area (Å²) in [5.74, 6) is -0.298. The number of carbonyl (C=O) groups excluding carboxylic acids is 2. The van der Waals surface area contributed by atoms with E-state index >= 15 is 0 Å². The van der Waals surface area contributed by atoms with Gasteiger partial charge in [0.2, 0.25) is 5.91 Å². The highest BCUT2D eigenvalue weighted by Gasteiger charge is 2.16. The van der Waals surface area contributed by atoms with E-state index in [2.05, 4.69) is 20.5 Å². The van der Waals surface area contributed by atoms with Gasteiger partial charge in [-0.1, -0.05) is 32.0 Å². The molecule has 7 nitrogen and oxygen atoms in total. The first-order valence-corrected chi connectivity index (χ1v) is 9.59. The Bertz CT molecular complexity index is 1020. The summed E-state index contributed by atoms with van der Waals surface area (Å²) in [7, 11) is 0. The lowest BCUT2D eigenvalue weighted by atomic mass is 10.1. The second-order valence-corrected chi connectivity index (χ2v) is 7.07. The Morgan fingerprint density at radius 2 is 1.93 bits per heavy atom. The molecule has 0 aliphatic heterocycles. The van der Waals surface area contributed by atoms with Crippen molar-refractivity contribution in [1.82, 2.24) is 20.5 Å². The van der Waals surface area contributed by atoms with E-state index < -0.39 is 0 Å². The van der Waals surface area contributed by atoms with Crippen LogP contribution < -0.4 is 10.2 Å². The molecule has 150 valence electrons. The summed E-state index contributed by atoms with van der Waals surface area (Å²) < 4.78 is 0. The molecule has 0 bridgehead atoms. The lowest BCUT2D eigenvalue weighted by molar-refractivity contribution is -0.124. The number of aromatic nitrogens is 3. The van der Waals surface area contributed by atoms with Crippen molar-refractivity contribution in [2.45, 2.75) is 20.8 Å². The van der Waals surface area contributed by atoms with Crippen molar-refractivity contribution in [2.75, 3.05) is 18.0 Å². The summed E-state index contributed by atoms with van der Waals surface area (Å²) in [4.78, 5) is 30.8. The standard InChI is InChI=1S/C22H25N5O2/c1-15(2)22(29)24-12-13-27(17-8-5-4-6-9-17)19(28)14-16(3)20-18-10-7-11-23-21(18)26-25-20/h4-11,14-15H,12-13H2,1-3H3,(H,24,29)(H,23,25,26)/b16-14+. The molecule has 0 aliphatic carbocycles. The van der Waals surface area contributed by atoms with Crippen molar-refractivity contribution in [3.8, 4) is 0 Å². The maximum atomic E-state index is 13.1. The van der Waals surface area contributed by atoms with E-state index in [0.717, 1.165) is 22.3 Å². The molecular weight excluding hydrogens is 366 g/mol. The first kappa shape index (κ1) is 20.3. The van der Waals surface area contributed by atoms with Gasteiger partial charge in [-0.2, -0.15) is 5.10 Å². The Balaban J connectivity index is 1.82. The molecule has 3 rings (SSSR count). The van der Waals surface area contributed by atoms with Crippen LogP contribution in [0.1, 0.15) is 26.5 Å². The first-order valence-electron chi connectivity index (χ1n) is 9.59. The second-order valence-electron chi connectivity index (χ2n) is 7.07. The third-order valence-corrected chi connectivity index (χ3v) is 4.56. The number of allylic oxidation sites excluding steroid dienone is 1. The number of carbonyl (C=O) groups is 2. The highest BCUT2D eigenvalue weighted by Crippen LogP contribution is 2.22. The predicted molar refractivity (Wildman–Crippen MR) is 114 cm³/mol. The fourth-order valence-electron chi connectivity index (χ4n) is 2.96. The third-order valence-electron chi connectivity index (χ3n) is 4.56. The van der Waals surface area contributed by atoms with Gasteiger partial charge in [0.05, 0.1) is 5.69 Å². The van der Waals surface area contributed by atoms with Crippen molar-refractivity contribution < 1.29 is 9.59 Å². The molecule has 7 heteroatoms. The van der Waals surface area contributed by atoms with E-state index in [0.29, 0.717) is 18.7 Å². The smallest absolute Gasteiger partial charge is 0.251 e. The Morgan fingerprint density at radius 3 is 2.66 bits per heavy atom. The molecule has 0 atom stereocenters. The van der Waals surface area contributed by atoms with Crippen molar-refractivity contribution in [2.24, 2.45) is 5.92 Å². The zero-order valence-electron chi connectivity index (χ0n) is 16.8. The largest absolute Gasteiger partial charge is 0.354 e. The van der Waals surface area contributed by atoms with Gasteiger partial charge in [0.1, 0.15) is 0 Å². The maximum absolute atomic E-state index is 13.1. The van der Waals surface area contributed by atoms with Crippen LogP contribution in [0, 0.1) is 5.92 Å². The molecule has 2 heterocycles. The van der Waals surface area contributed by atoms with E-state index in [9.17, 15) is 9.59 Å². The van der Waals surface area contributed by atoms with Gasteiger partial charge in [0, 0.05) is 42.4 Å². The highest BCUT2D eigenvalue weighted by molar-refractivity contribution is 6.06. The monoisotopic (exact) mass is 391 g/mol. The Morgan fingerprint density at radius 1 is 1.17 bits per heavy atom. The number of para-hydroxylation sites is 1. The van der Waals surface area contributed by atoms with E-state index in [-0.39, 0.29) is 17.7 Å². The van der Waals surface area contributed by atoms with E-state index in [1.165, 1.54) is 0 Å². The number of nitrogens with one attached hydrogen (secondary N) is 2. The average molecular weight is 391 g/mol. The number of fused-ring (bicyclic) bond motifs is 1. The predicted octanol–water partition coefficient (Wildman–Crippen LogP) is 3.17. The van der Waals surface area contributed by atoms with Gasteiger partial charge in [-0.15, -0.1) is 0 Å². The molecule has 2 N–H and O–H groups in total. The van der Waals surface area contributed by atoms with Crippen LogP contribution in [-0.4, -0.2) is 40.1 Å². The normalized spacial score (nSPS) is 11.7. The van der Waals surface area contributed by atoms with E-state index in [1.54, 1.807) is 17.2 Å². The van der Waals surface area contributed by atoms with Gasteiger partial charge in [-0.05, 0) is 36.8 Å². The van der Waals surface area contributed by atoms with Gasteiger partial charge in [0.15, 0.2) is 5.65 Å². The molecule has 2 aromatic heterocycles. The first-order chi connectivity index (χ1) is 14.0. The summed E-state index contributed by atoms with van der Waals surface area (Å²) in [6.07, 6.45) is 3.26. The highest BCUT2D eigenvalue weighted by atomic mass is 16.2. The summed E-state index contributed by atoms with van der Waals surface area (Å²) >= 11 is 0. The minimum Gasteiger partial charge on any atom is -0.354 e. The van der Waals surface area contributed by atoms with Crippen molar-refractivity contribution in [3.05, 3.63) is 60.4 Å². The van der Waals surface area contributed by atoms with Gasteiger partial charge in [0.25, 0.3) is 5.91 Å². The minimum absolute atomic E-state index is 0.0337. The molecule has 0 fully saturated rings.